The second-order valence-corrected chi connectivity index (χ2v) is 23.2. The number of hydrogen-bond donors (Lipinski definition) is 0. The molecule has 12 aromatic rings. The van der Waals surface area contributed by atoms with Gasteiger partial charge in [0.1, 0.15) is 0 Å². The molecule has 0 fully saturated rings. The van der Waals surface area contributed by atoms with E-state index in [0.29, 0.717) is 0 Å². The summed E-state index contributed by atoms with van der Waals surface area (Å²) >= 11 is -3.00. The average Bonchev–Trinajstić information content (AvgIpc) is 3.86. The van der Waals surface area contributed by atoms with Crippen LogP contribution < -0.4 is 27.6 Å². The molecule has 0 radical (unpaired) electrons. The Labute approximate surface area is 371 Å². The number of aryl methyl sites for hydroxylation is 2. The van der Waals surface area contributed by atoms with E-state index in [1.165, 1.54) is 51.7 Å². The average molecular weight is 883 g/mol. The fourth-order valence-electron chi connectivity index (χ4n) is 11.0. The van der Waals surface area contributed by atoms with Crippen molar-refractivity contribution in [1.82, 2.24) is 0 Å². The molecule has 64 heavy (non-hydrogen) atoms. The summed E-state index contributed by atoms with van der Waals surface area (Å²) in [5, 5.41) is 9.15. The first kappa shape index (κ1) is 34.8. The van der Waals surface area contributed by atoms with E-state index in [2.05, 4.69) is 189 Å². The van der Waals surface area contributed by atoms with E-state index in [1.54, 1.807) is 0 Å². The fraction of sp³-hybridized carbons (Fsp3) is 0.0345. The third kappa shape index (κ3) is 4.74. The predicted molar refractivity (Wildman–Crippen MR) is 264 cm³/mol. The van der Waals surface area contributed by atoms with Crippen LogP contribution in [0, 0.1) is 13.8 Å². The van der Waals surface area contributed by atoms with Gasteiger partial charge in [-0.2, -0.15) is 0 Å². The molecule has 6 heteroatoms. The number of fused-ring (bicyclic) bond motifs is 8. The van der Waals surface area contributed by atoms with Crippen LogP contribution in [0.3, 0.4) is 0 Å². The molecule has 0 spiro atoms. The van der Waals surface area contributed by atoms with Crippen LogP contribution in [0.2, 0.25) is 0 Å². The van der Waals surface area contributed by atoms with Gasteiger partial charge in [0.2, 0.25) is 0 Å². The summed E-state index contributed by atoms with van der Waals surface area (Å²) in [5.41, 5.74) is 13.7. The first-order chi connectivity index (χ1) is 31.5. The number of furan rings is 2. The molecule has 15 rings (SSSR count). The van der Waals surface area contributed by atoms with Gasteiger partial charge in [-0.25, -0.2) is 0 Å². The van der Waals surface area contributed by atoms with Crippen molar-refractivity contribution in [3.05, 3.63) is 181 Å². The van der Waals surface area contributed by atoms with Crippen molar-refractivity contribution in [3.63, 3.8) is 0 Å². The normalized spacial score (nSPS) is 13.6. The molecule has 0 atom stereocenters. The number of rotatable bonds is 3. The summed E-state index contributed by atoms with van der Waals surface area (Å²) in [7, 11) is 0. The summed E-state index contributed by atoms with van der Waals surface area (Å²) in [6.07, 6.45) is 0. The molecule has 0 bridgehead atoms. The van der Waals surface area contributed by atoms with Crippen LogP contribution in [0.4, 0.5) is 17.1 Å². The molecule has 0 aliphatic carbocycles. The van der Waals surface area contributed by atoms with Gasteiger partial charge in [-0.05, 0) is 0 Å². The quantitative estimate of drug-likeness (QED) is 0.165. The second kappa shape index (κ2) is 12.5. The van der Waals surface area contributed by atoms with Crippen molar-refractivity contribution >= 4 is 110 Å². The van der Waals surface area contributed by atoms with Gasteiger partial charge in [-0.3, -0.25) is 0 Å². The van der Waals surface area contributed by atoms with E-state index in [9.17, 15) is 0 Å². The van der Waals surface area contributed by atoms with Gasteiger partial charge in [0.25, 0.3) is 0 Å². The first-order valence-corrected chi connectivity index (χ1v) is 25.5. The van der Waals surface area contributed by atoms with E-state index >= 15 is 0 Å². The molecule has 2 aromatic heterocycles. The standard InChI is InChI=1S/C58H35GeNO4/c1-31-11-15-39(16-12-31)60-46-19-17-40(37-13-21-48-42(27-37)44-25-33-7-3-5-9-35(33)29-50(44)61-48)57-54(46)59-55-47(60)20-18-41(58(55)64-53-24-32(2)23-52(63-57)56(53)59)38-14-22-49-43(28-38)45-26-34-8-4-6-10-36(34)30-51(45)62-49/h3-30,59H,1-2H3. The van der Waals surface area contributed by atoms with E-state index in [1.807, 2.05) is 0 Å². The van der Waals surface area contributed by atoms with Crippen LogP contribution in [-0.4, -0.2) is 14.3 Å². The molecule has 3 aliphatic rings. The fourth-order valence-corrected chi connectivity index (χ4v) is 18.8. The summed E-state index contributed by atoms with van der Waals surface area (Å²) in [6, 6.07) is 61.5. The SMILES string of the molecule is Cc1ccc(N2c3ccc(-c4ccc5oc6cc7ccccc7cc6c5c4)c4[c]3[GeH]3[c]5c(cc(C)cc5Oc5c(-c6ccc7oc8cc9ccccc9cc8c7c6)ccc2[c]53)O4)cc1. The molecular formula is C58H35GeNO4. The van der Waals surface area contributed by atoms with Crippen molar-refractivity contribution in [2.45, 2.75) is 13.8 Å². The van der Waals surface area contributed by atoms with Gasteiger partial charge in [0.05, 0.1) is 0 Å². The Kier molecular flexibility index (Phi) is 6.78. The number of anilines is 3. The molecule has 0 saturated heterocycles. The van der Waals surface area contributed by atoms with Crippen molar-refractivity contribution in [3.8, 4) is 45.3 Å². The van der Waals surface area contributed by atoms with E-state index in [4.69, 9.17) is 18.3 Å². The van der Waals surface area contributed by atoms with Gasteiger partial charge in [0, 0.05) is 0 Å². The summed E-state index contributed by atoms with van der Waals surface area (Å²) in [6.45, 7) is 4.28. The zero-order valence-electron chi connectivity index (χ0n) is 34.8. The molecule has 3 aliphatic heterocycles. The van der Waals surface area contributed by atoms with E-state index < -0.39 is 14.3 Å². The van der Waals surface area contributed by atoms with E-state index in [-0.39, 0.29) is 0 Å². The molecule has 0 amide bonds. The maximum atomic E-state index is 7.29. The Morgan fingerprint density at radius 2 is 0.859 bits per heavy atom. The number of nitrogens with zero attached hydrogens (tertiary/aromatic N) is 1. The maximum absolute atomic E-state index is 7.29. The second-order valence-electron chi connectivity index (χ2n) is 17.8. The summed E-state index contributed by atoms with van der Waals surface area (Å²) in [4.78, 5) is 2.44. The zero-order chi connectivity index (χ0) is 41.9. The summed E-state index contributed by atoms with van der Waals surface area (Å²) < 4.78 is 31.4. The third-order valence-electron chi connectivity index (χ3n) is 14.0. The molecule has 0 N–H and O–H groups in total. The minimum absolute atomic E-state index is 0.876. The number of benzene rings is 10. The van der Waals surface area contributed by atoms with Crippen molar-refractivity contribution in [2.24, 2.45) is 0 Å². The Balaban J connectivity index is 0.982. The third-order valence-corrected chi connectivity index (χ3v) is 21.1. The van der Waals surface area contributed by atoms with Gasteiger partial charge >= 0.3 is 373 Å². The van der Waals surface area contributed by atoms with Crippen LogP contribution in [-0.2, 0) is 0 Å². The Hall–Kier alpha value is -7.74. The van der Waals surface area contributed by atoms with Gasteiger partial charge in [-0.15, -0.1) is 0 Å². The van der Waals surface area contributed by atoms with Crippen LogP contribution in [0.15, 0.2) is 179 Å². The Morgan fingerprint density at radius 3 is 1.36 bits per heavy atom. The van der Waals surface area contributed by atoms with E-state index in [0.717, 1.165) is 100 Å². The molecule has 5 heterocycles. The van der Waals surface area contributed by atoms with Crippen LogP contribution in [0.25, 0.3) is 87.7 Å². The molecule has 0 saturated carbocycles. The zero-order valence-corrected chi connectivity index (χ0v) is 37.2. The molecule has 10 aromatic carbocycles. The monoisotopic (exact) mass is 883 g/mol. The van der Waals surface area contributed by atoms with Gasteiger partial charge < -0.3 is 0 Å². The molecule has 0 unspecified atom stereocenters. The van der Waals surface area contributed by atoms with Crippen molar-refractivity contribution in [2.75, 3.05) is 4.90 Å². The Morgan fingerprint density at radius 1 is 0.391 bits per heavy atom. The molecule has 5 nitrogen and oxygen atoms in total. The van der Waals surface area contributed by atoms with Crippen molar-refractivity contribution in [1.29, 1.82) is 0 Å². The summed E-state index contributed by atoms with van der Waals surface area (Å²) in [5.74, 6) is 3.72. The molecule has 300 valence electrons. The topological polar surface area (TPSA) is 48.0 Å². The predicted octanol–water partition coefficient (Wildman–Crippen LogP) is 14.0. The van der Waals surface area contributed by atoms with Gasteiger partial charge in [0.15, 0.2) is 0 Å². The Bertz CT molecular complexity index is 3830. The number of hydrogen-bond acceptors (Lipinski definition) is 5. The minimum atomic E-state index is -3.00. The molecular weight excluding hydrogens is 847 g/mol. The van der Waals surface area contributed by atoms with Crippen LogP contribution in [0.5, 0.6) is 23.0 Å². The number of ether oxygens (including phenoxy) is 2. The van der Waals surface area contributed by atoms with Crippen LogP contribution in [0.1, 0.15) is 11.1 Å². The van der Waals surface area contributed by atoms with Gasteiger partial charge in [-0.1, -0.05) is 0 Å². The van der Waals surface area contributed by atoms with Crippen LogP contribution >= 0.6 is 0 Å². The van der Waals surface area contributed by atoms with Crippen molar-refractivity contribution < 1.29 is 18.3 Å². The first-order valence-electron chi connectivity index (χ1n) is 21.9.